The van der Waals surface area contributed by atoms with Crippen LogP contribution in [0.5, 0.6) is 0 Å². The molecule has 1 rings (SSSR count). The van der Waals surface area contributed by atoms with Gasteiger partial charge in [0.2, 0.25) is 0 Å². The molecule has 0 aliphatic rings. The maximum Gasteiger partial charge on any atom is 0.0603 e. The average molecular weight is 208 g/mol. The fourth-order valence-corrected chi connectivity index (χ4v) is 1.32. The van der Waals surface area contributed by atoms with Gasteiger partial charge >= 0.3 is 0 Å². The van der Waals surface area contributed by atoms with E-state index in [2.05, 4.69) is 17.2 Å². The molecule has 3 nitrogen and oxygen atoms in total. The number of rotatable bonds is 5. The summed E-state index contributed by atoms with van der Waals surface area (Å²) in [5.74, 6) is 0. The van der Waals surface area contributed by atoms with Gasteiger partial charge in [0.15, 0.2) is 0 Å². The molecule has 0 amide bonds. The van der Waals surface area contributed by atoms with Crippen molar-refractivity contribution in [2.45, 2.75) is 39.3 Å². The molecule has 0 saturated carbocycles. The molecule has 0 aromatic carbocycles. The molecule has 15 heavy (non-hydrogen) atoms. The first kappa shape index (κ1) is 12.1. The second kappa shape index (κ2) is 5.24. The molecule has 0 atom stereocenters. The van der Waals surface area contributed by atoms with Crippen LogP contribution in [0.2, 0.25) is 0 Å². The first-order valence-corrected chi connectivity index (χ1v) is 5.31. The molecular formula is C12H20N2O. The monoisotopic (exact) mass is 208 g/mol. The van der Waals surface area contributed by atoms with Crippen molar-refractivity contribution in [2.75, 3.05) is 6.54 Å². The van der Waals surface area contributed by atoms with E-state index in [4.69, 9.17) is 0 Å². The molecule has 0 aliphatic heterocycles. The zero-order valence-electron chi connectivity index (χ0n) is 9.75. The predicted molar refractivity (Wildman–Crippen MR) is 61.6 cm³/mol. The van der Waals surface area contributed by atoms with Gasteiger partial charge in [-0.1, -0.05) is 0 Å². The summed E-state index contributed by atoms with van der Waals surface area (Å²) in [7, 11) is 0. The van der Waals surface area contributed by atoms with E-state index in [1.165, 1.54) is 11.1 Å². The van der Waals surface area contributed by atoms with Gasteiger partial charge in [0.05, 0.1) is 5.60 Å². The van der Waals surface area contributed by atoms with Crippen LogP contribution in [-0.2, 0) is 6.54 Å². The second-order valence-electron chi connectivity index (χ2n) is 4.54. The number of aryl methyl sites for hydroxylation is 1. The third-order valence-corrected chi connectivity index (χ3v) is 2.37. The van der Waals surface area contributed by atoms with E-state index in [1.54, 1.807) is 6.20 Å². The molecule has 0 unspecified atom stereocenters. The third-order valence-electron chi connectivity index (χ3n) is 2.37. The molecule has 0 radical (unpaired) electrons. The van der Waals surface area contributed by atoms with Gasteiger partial charge in [-0.3, -0.25) is 4.98 Å². The van der Waals surface area contributed by atoms with Gasteiger partial charge in [0.1, 0.15) is 0 Å². The highest BCUT2D eigenvalue weighted by Crippen LogP contribution is 2.07. The normalized spacial score (nSPS) is 11.7. The lowest BCUT2D eigenvalue weighted by Gasteiger charge is -2.17. The van der Waals surface area contributed by atoms with Gasteiger partial charge in [-0.05, 0) is 50.9 Å². The zero-order valence-corrected chi connectivity index (χ0v) is 9.75. The Hall–Kier alpha value is -0.930. The number of pyridine rings is 1. The summed E-state index contributed by atoms with van der Waals surface area (Å²) in [4.78, 5) is 4.04. The molecule has 0 fully saturated rings. The topological polar surface area (TPSA) is 45.2 Å². The molecule has 0 spiro atoms. The van der Waals surface area contributed by atoms with Gasteiger partial charge in [-0.2, -0.15) is 0 Å². The van der Waals surface area contributed by atoms with Crippen molar-refractivity contribution < 1.29 is 5.11 Å². The zero-order chi connectivity index (χ0) is 11.3. The molecule has 0 bridgehead atoms. The molecule has 0 saturated heterocycles. The van der Waals surface area contributed by atoms with Crippen LogP contribution in [0.3, 0.4) is 0 Å². The van der Waals surface area contributed by atoms with E-state index in [0.717, 1.165) is 19.5 Å². The highest BCUT2D eigenvalue weighted by molar-refractivity contribution is 5.21. The fraction of sp³-hybridized carbons (Fsp3) is 0.583. The van der Waals surface area contributed by atoms with E-state index < -0.39 is 5.60 Å². The van der Waals surface area contributed by atoms with E-state index in [9.17, 15) is 5.11 Å². The van der Waals surface area contributed by atoms with Gasteiger partial charge in [-0.15, -0.1) is 0 Å². The SMILES string of the molecule is Cc1cnccc1CNCCC(C)(C)O. The molecule has 1 aromatic heterocycles. The highest BCUT2D eigenvalue weighted by Gasteiger charge is 2.10. The van der Waals surface area contributed by atoms with Crippen LogP contribution in [0.1, 0.15) is 31.4 Å². The van der Waals surface area contributed by atoms with Crippen molar-refractivity contribution in [2.24, 2.45) is 0 Å². The number of aromatic nitrogens is 1. The van der Waals surface area contributed by atoms with Crippen molar-refractivity contribution in [1.29, 1.82) is 0 Å². The first-order chi connectivity index (χ1) is 6.99. The van der Waals surface area contributed by atoms with Crippen LogP contribution in [0, 0.1) is 6.92 Å². The summed E-state index contributed by atoms with van der Waals surface area (Å²) < 4.78 is 0. The first-order valence-electron chi connectivity index (χ1n) is 5.31. The second-order valence-corrected chi connectivity index (χ2v) is 4.54. The minimum absolute atomic E-state index is 0.583. The minimum atomic E-state index is -0.583. The average Bonchev–Trinajstić information content (AvgIpc) is 2.13. The van der Waals surface area contributed by atoms with Gasteiger partial charge < -0.3 is 10.4 Å². The van der Waals surface area contributed by atoms with Crippen LogP contribution in [-0.4, -0.2) is 22.2 Å². The largest absolute Gasteiger partial charge is 0.390 e. The van der Waals surface area contributed by atoms with Gasteiger partial charge in [-0.25, -0.2) is 0 Å². The van der Waals surface area contributed by atoms with Crippen LogP contribution in [0.15, 0.2) is 18.5 Å². The Labute approximate surface area is 91.5 Å². The molecule has 1 aromatic rings. The summed E-state index contributed by atoms with van der Waals surface area (Å²) in [5.41, 5.74) is 1.88. The summed E-state index contributed by atoms with van der Waals surface area (Å²) >= 11 is 0. The number of nitrogens with zero attached hydrogens (tertiary/aromatic N) is 1. The van der Waals surface area contributed by atoms with Crippen molar-refractivity contribution in [3.05, 3.63) is 29.6 Å². The van der Waals surface area contributed by atoms with Crippen LogP contribution < -0.4 is 5.32 Å². The molecule has 0 aliphatic carbocycles. The Bertz CT molecular complexity index is 305. The van der Waals surface area contributed by atoms with E-state index >= 15 is 0 Å². The van der Waals surface area contributed by atoms with E-state index in [0.29, 0.717) is 0 Å². The van der Waals surface area contributed by atoms with Crippen LogP contribution in [0.25, 0.3) is 0 Å². The van der Waals surface area contributed by atoms with Crippen LogP contribution >= 0.6 is 0 Å². The minimum Gasteiger partial charge on any atom is -0.390 e. The summed E-state index contributed by atoms with van der Waals surface area (Å²) in [5, 5.41) is 12.8. The lowest BCUT2D eigenvalue weighted by atomic mass is 10.1. The Morgan fingerprint density at radius 3 is 2.80 bits per heavy atom. The number of hydrogen-bond donors (Lipinski definition) is 2. The predicted octanol–water partition coefficient (Wildman–Crippen LogP) is 1.64. The standard InChI is InChI=1S/C12H20N2O/c1-10-8-13-6-4-11(10)9-14-7-5-12(2,3)15/h4,6,8,14-15H,5,7,9H2,1-3H3. The molecule has 84 valence electrons. The third kappa shape index (κ3) is 4.91. The fourth-order valence-electron chi connectivity index (χ4n) is 1.32. The molecule has 1 heterocycles. The quantitative estimate of drug-likeness (QED) is 0.723. The van der Waals surface area contributed by atoms with E-state index in [-0.39, 0.29) is 0 Å². The lowest BCUT2D eigenvalue weighted by molar-refractivity contribution is 0.0711. The van der Waals surface area contributed by atoms with Crippen LogP contribution in [0.4, 0.5) is 0 Å². The summed E-state index contributed by atoms with van der Waals surface area (Å²) in [6, 6.07) is 2.02. The Morgan fingerprint density at radius 1 is 1.47 bits per heavy atom. The van der Waals surface area contributed by atoms with Crippen molar-refractivity contribution >= 4 is 0 Å². The Balaban J connectivity index is 2.30. The number of hydrogen-bond acceptors (Lipinski definition) is 3. The maximum absolute atomic E-state index is 9.52. The lowest BCUT2D eigenvalue weighted by Crippen LogP contribution is -2.26. The summed E-state index contributed by atoms with van der Waals surface area (Å²) in [6.07, 6.45) is 4.43. The van der Waals surface area contributed by atoms with Gasteiger partial charge in [0.25, 0.3) is 0 Å². The maximum atomic E-state index is 9.52. The number of nitrogens with one attached hydrogen (secondary N) is 1. The molecule has 3 heteroatoms. The van der Waals surface area contributed by atoms with Crippen molar-refractivity contribution in [3.8, 4) is 0 Å². The number of aliphatic hydroxyl groups is 1. The van der Waals surface area contributed by atoms with Gasteiger partial charge in [0, 0.05) is 18.9 Å². The van der Waals surface area contributed by atoms with Crippen molar-refractivity contribution in [3.63, 3.8) is 0 Å². The molecular weight excluding hydrogens is 188 g/mol. The molecule has 2 N–H and O–H groups in total. The highest BCUT2D eigenvalue weighted by atomic mass is 16.3. The Morgan fingerprint density at radius 2 is 2.20 bits per heavy atom. The van der Waals surface area contributed by atoms with Crippen molar-refractivity contribution in [1.82, 2.24) is 10.3 Å². The Kier molecular flexibility index (Phi) is 4.24. The summed E-state index contributed by atoms with van der Waals surface area (Å²) in [6.45, 7) is 7.37. The van der Waals surface area contributed by atoms with E-state index in [1.807, 2.05) is 26.1 Å². The smallest absolute Gasteiger partial charge is 0.0603 e.